The number of amides is 1. The van der Waals surface area contributed by atoms with Crippen LogP contribution >= 0.6 is 11.6 Å². The molecule has 0 unspecified atom stereocenters. The summed E-state index contributed by atoms with van der Waals surface area (Å²) < 4.78 is 1.44. The second-order valence-electron chi connectivity index (χ2n) is 3.98. The second-order valence-corrected chi connectivity index (χ2v) is 4.38. The van der Waals surface area contributed by atoms with Crippen molar-refractivity contribution in [3.63, 3.8) is 0 Å². The van der Waals surface area contributed by atoms with Gasteiger partial charge in [-0.25, -0.2) is 4.98 Å². The van der Waals surface area contributed by atoms with Crippen LogP contribution in [-0.4, -0.2) is 20.7 Å². The smallest absolute Gasteiger partial charge is 0.252 e. The van der Waals surface area contributed by atoms with E-state index in [1.807, 2.05) is 6.07 Å². The summed E-state index contributed by atoms with van der Waals surface area (Å²) in [4.78, 5) is 15.5. The first-order chi connectivity index (χ1) is 9.58. The number of rotatable bonds is 4. The fourth-order valence-electron chi connectivity index (χ4n) is 1.51. The van der Waals surface area contributed by atoms with Gasteiger partial charge in [-0.1, -0.05) is 11.6 Å². The van der Waals surface area contributed by atoms with Gasteiger partial charge < -0.3 is 11.1 Å². The molecule has 2 rings (SSSR count). The van der Waals surface area contributed by atoms with Crippen LogP contribution in [0, 0.1) is 11.3 Å². The highest BCUT2D eigenvalue weighted by molar-refractivity contribution is 6.33. The van der Waals surface area contributed by atoms with Gasteiger partial charge in [0.2, 0.25) is 5.91 Å². The topological polar surface area (TPSA) is 110 Å². The van der Waals surface area contributed by atoms with Gasteiger partial charge in [0.05, 0.1) is 17.3 Å². The maximum atomic E-state index is 11.7. The summed E-state index contributed by atoms with van der Waals surface area (Å²) in [6.45, 7) is 0.337. The van der Waals surface area contributed by atoms with Gasteiger partial charge in [-0.15, -0.1) is 5.10 Å². The molecule has 2 aromatic rings. The van der Waals surface area contributed by atoms with Crippen LogP contribution in [0.2, 0.25) is 5.02 Å². The van der Waals surface area contributed by atoms with Gasteiger partial charge in [-0.3, -0.25) is 9.48 Å². The van der Waals surface area contributed by atoms with E-state index < -0.39 is 0 Å². The van der Waals surface area contributed by atoms with Gasteiger partial charge in [-0.05, 0) is 18.2 Å². The van der Waals surface area contributed by atoms with Crippen LogP contribution in [0.3, 0.4) is 0 Å². The molecule has 0 aliphatic rings. The van der Waals surface area contributed by atoms with E-state index in [0.717, 1.165) is 0 Å². The number of carbonyl (C=O) groups excluding carboxylic acids is 1. The van der Waals surface area contributed by atoms with E-state index in [4.69, 9.17) is 22.6 Å². The minimum absolute atomic E-state index is 0.0795. The Morgan fingerprint density at radius 3 is 3.00 bits per heavy atom. The van der Waals surface area contributed by atoms with Crippen molar-refractivity contribution < 1.29 is 4.79 Å². The van der Waals surface area contributed by atoms with Gasteiger partial charge in [-0.2, -0.15) is 5.26 Å². The van der Waals surface area contributed by atoms with E-state index in [1.165, 1.54) is 11.0 Å². The minimum atomic E-state index is -0.194. The van der Waals surface area contributed by atoms with Crippen molar-refractivity contribution in [2.45, 2.75) is 13.0 Å². The van der Waals surface area contributed by atoms with Crippen molar-refractivity contribution >= 4 is 28.9 Å². The molecule has 1 amide bonds. The van der Waals surface area contributed by atoms with Crippen LogP contribution in [0.15, 0.2) is 24.5 Å². The van der Waals surface area contributed by atoms with Gasteiger partial charge in [0, 0.05) is 12.1 Å². The molecule has 0 fully saturated rings. The van der Waals surface area contributed by atoms with E-state index in [9.17, 15) is 4.79 Å². The number of benzene rings is 1. The largest absolute Gasteiger partial charge is 0.397 e. The summed E-state index contributed by atoms with van der Waals surface area (Å²) in [6.07, 6.45) is 1.61. The van der Waals surface area contributed by atoms with E-state index in [1.54, 1.807) is 18.2 Å². The number of nitrogens with two attached hydrogens (primary N) is 1. The molecular formula is C12H11ClN6O. The Morgan fingerprint density at radius 2 is 2.35 bits per heavy atom. The molecule has 1 aromatic heterocycles. The third-order valence-electron chi connectivity index (χ3n) is 2.48. The van der Waals surface area contributed by atoms with Crippen molar-refractivity contribution in [2.24, 2.45) is 0 Å². The Hall–Kier alpha value is -2.59. The molecule has 20 heavy (non-hydrogen) atoms. The Balaban J connectivity index is 1.89. The average Bonchev–Trinajstić information content (AvgIpc) is 2.89. The maximum absolute atomic E-state index is 11.7. The van der Waals surface area contributed by atoms with Crippen molar-refractivity contribution in [1.82, 2.24) is 14.8 Å². The Labute approximate surface area is 120 Å². The van der Waals surface area contributed by atoms with Crippen LogP contribution in [0.5, 0.6) is 0 Å². The number of nitrogens with zero attached hydrogens (tertiary/aromatic N) is 4. The molecule has 0 aliphatic heterocycles. The summed E-state index contributed by atoms with van der Waals surface area (Å²) in [5, 5.41) is 15.6. The summed E-state index contributed by atoms with van der Waals surface area (Å²) in [5.41, 5.74) is 6.62. The van der Waals surface area contributed by atoms with E-state index in [2.05, 4.69) is 15.4 Å². The summed E-state index contributed by atoms with van der Waals surface area (Å²) in [7, 11) is 0. The molecule has 0 saturated carbocycles. The zero-order chi connectivity index (χ0) is 14.5. The molecular weight excluding hydrogens is 280 g/mol. The van der Waals surface area contributed by atoms with Crippen LogP contribution in [0.1, 0.15) is 12.2 Å². The van der Waals surface area contributed by atoms with E-state index >= 15 is 0 Å². The normalized spacial score (nSPS) is 10.0. The monoisotopic (exact) mass is 290 g/mol. The molecule has 1 heterocycles. The molecule has 0 spiro atoms. The van der Waals surface area contributed by atoms with Crippen LogP contribution in [-0.2, 0) is 11.3 Å². The zero-order valence-corrected chi connectivity index (χ0v) is 11.1. The number of halogens is 1. The number of nitrogens with one attached hydrogen (secondary N) is 1. The third-order valence-corrected chi connectivity index (χ3v) is 2.83. The second kappa shape index (κ2) is 6.04. The molecule has 8 heteroatoms. The highest BCUT2D eigenvalue weighted by atomic mass is 35.5. The highest BCUT2D eigenvalue weighted by Crippen LogP contribution is 2.22. The molecule has 1 aromatic carbocycles. The number of aryl methyl sites for hydroxylation is 1. The summed E-state index contributed by atoms with van der Waals surface area (Å²) in [6, 6.07) is 6.68. The molecule has 0 atom stereocenters. The van der Waals surface area contributed by atoms with E-state index in [0.29, 0.717) is 22.9 Å². The quantitative estimate of drug-likeness (QED) is 0.827. The number of anilines is 2. The molecule has 0 radical (unpaired) electrons. The lowest BCUT2D eigenvalue weighted by Gasteiger charge is -2.06. The Kier molecular flexibility index (Phi) is 4.17. The standard InChI is InChI=1S/C12H11ClN6O/c13-9-2-1-8(5-10(9)15)17-12(20)3-4-19-7-16-11(6-14)18-19/h1-2,5,7H,3-4,15H2,(H,17,20). The van der Waals surface area contributed by atoms with Crippen LogP contribution in [0.25, 0.3) is 0 Å². The van der Waals surface area contributed by atoms with E-state index in [-0.39, 0.29) is 18.2 Å². The zero-order valence-electron chi connectivity index (χ0n) is 10.4. The molecule has 0 bridgehead atoms. The Bertz CT molecular complexity index is 675. The predicted octanol–water partition coefficient (Wildman–Crippen LogP) is 1.41. The van der Waals surface area contributed by atoms with Gasteiger partial charge in [0.15, 0.2) is 0 Å². The van der Waals surface area contributed by atoms with Crippen LogP contribution < -0.4 is 11.1 Å². The van der Waals surface area contributed by atoms with Crippen molar-refractivity contribution in [3.8, 4) is 6.07 Å². The van der Waals surface area contributed by atoms with Crippen molar-refractivity contribution in [1.29, 1.82) is 5.26 Å². The SMILES string of the molecule is N#Cc1ncn(CCC(=O)Nc2ccc(Cl)c(N)c2)n1. The maximum Gasteiger partial charge on any atom is 0.252 e. The fourth-order valence-corrected chi connectivity index (χ4v) is 1.63. The first-order valence-corrected chi connectivity index (χ1v) is 6.10. The van der Waals surface area contributed by atoms with Gasteiger partial charge in [0.25, 0.3) is 5.82 Å². The average molecular weight is 291 g/mol. The molecule has 0 aliphatic carbocycles. The number of nitriles is 1. The number of aromatic nitrogens is 3. The van der Waals surface area contributed by atoms with Gasteiger partial charge >= 0.3 is 0 Å². The fraction of sp³-hybridized carbons (Fsp3) is 0.167. The molecule has 102 valence electrons. The lowest BCUT2D eigenvalue weighted by molar-refractivity contribution is -0.116. The first kappa shape index (κ1) is 13.8. The van der Waals surface area contributed by atoms with Crippen molar-refractivity contribution in [2.75, 3.05) is 11.1 Å². The number of nitrogen functional groups attached to an aromatic ring is 1. The lowest BCUT2D eigenvalue weighted by atomic mass is 10.2. The minimum Gasteiger partial charge on any atom is -0.397 e. The number of hydrogen-bond donors (Lipinski definition) is 2. The van der Waals surface area contributed by atoms with Crippen molar-refractivity contribution in [3.05, 3.63) is 35.4 Å². The molecule has 3 N–H and O–H groups in total. The Morgan fingerprint density at radius 1 is 1.55 bits per heavy atom. The predicted molar refractivity (Wildman–Crippen MR) is 73.8 cm³/mol. The van der Waals surface area contributed by atoms with Crippen LogP contribution in [0.4, 0.5) is 11.4 Å². The summed E-state index contributed by atoms with van der Waals surface area (Å²) in [5.74, 6) is -0.114. The molecule has 7 nitrogen and oxygen atoms in total. The number of hydrogen-bond acceptors (Lipinski definition) is 5. The third kappa shape index (κ3) is 3.46. The lowest BCUT2D eigenvalue weighted by Crippen LogP contribution is -2.15. The van der Waals surface area contributed by atoms with Gasteiger partial charge in [0.1, 0.15) is 12.4 Å². The molecule has 0 saturated heterocycles. The summed E-state index contributed by atoms with van der Waals surface area (Å²) >= 11 is 5.79. The number of carbonyl (C=O) groups is 1. The first-order valence-electron chi connectivity index (χ1n) is 5.73. The highest BCUT2D eigenvalue weighted by Gasteiger charge is 2.06.